The zero-order valence-corrected chi connectivity index (χ0v) is 13.4. The minimum atomic E-state index is -0.307. The maximum Gasteiger partial charge on any atom is 0.122 e. The van der Waals surface area contributed by atoms with E-state index in [2.05, 4.69) is 13.8 Å². The summed E-state index contributed by atoms with van der Waals surface area (Å²) in [4.78, 5) is 0. The topological polar surface area (TPSA) is 29.5 Å². The van der Waals surface area contributed by atoms with Crippen molar-refractivity contribution in [2.24, 2.45) is 11.3 Å². The van der Waals surface area contributed by atoms with Gasteiger partial charge < -0.3 is 9.84 Å². The zero-order chi connectivity index (χ0) is 14.8. The summed E-state index contributed by atoms with van der Waals surface area (Å²) in [6.45, 7) is 4.63. The summed E-state index contributed by atoms with van der Waals surface area (Å²) in [5.74, 6) is 1.20. The Morgan fingerprint density at radius 2 is 2.00 bits per heavy atom. The van der Waals surface area contributed by atoms with Gasteiger partial charge in [0.05, 0.1) is 13.2 Å². The van der Waals surface area contributed by atoms with Gasteiger partial charge in [0.25, 0.3) is 0 Å². The summed E-state index contributed by atoms with van der Waals surface area (Å²) < 4.78 is 5.35. The van der Waals surface area contributed by atoms with Gasteiger partial charge in [0.1, 0.15) is 5.75 Å². The monoisotopic (exact) mass is 296 g/mol. The number of halogens is 1. The van der Waals surface area contributed by atoms with E-state index in [0.29, 0.717) is 22.8 Å². The average molecular weight is 297 g/mol. The van der Waals surface area contributed by atoms with Gasteiger partial charge in [-0.25, -0.2) is 0 Å². The summed E-state index contributed by atoms with van der Waals surface area (Å²) >= 11 is 6.04. The summed E-state index contributed by atoms with van der Waals surface area (Å²) in [7, 11) is 1.66. The third-order valence-electron chi connectivity index (χ3n) is 4.60. The molecule has 20 heavy (non-hydrogen) atoms. The molecule has 0 saturated heterocycles. The Bertz CT molecular complexity index is 446. The smallest absolute Gasteiger partial charge is 0.122 e. The first-order chi connectivity index (χ1) is 9.41. The average Bonchev–Trinajstić information content (AvgIpc) is 2.38. The molecule has 0 radical (unpaired) electrons. The molecule has 0 bridgehead atoms. The molecule has 0 heterocycles. The van der Waals surface area contributed by atoms with Gasteiger partial charge in [-0.2, -0.15) is 0 Å². The molecule has 112 valence electrons. The van der Waals surface area contributed by atoms with Crippen molar-refractivity contribution in [2.75, 3.05) is 7.11 Å². The van der Waals surface area contributed by atoms with E-state index in [1.165, 1.54) is 12.8 Å². The van der Waals surface area contributed by atoms with Crippen molar-refractivity contribution in [3.8, 4) is 5.75 Å². The number of benzene rings is 1. The molecule has 3 heteroatoms. The van der Waals surface area contributed by atoms with E-state index in [1.807, 2.05) is 18.2 Å². The van der Waals surface area contributed by atoms with Gasteiger partial charge in [0.15, 0.2) is 0 Å². The lowest BCUT2D eigenvalue weighted by atomic mass is 9.71. The molecule has 1 aromatic carbocycles. The molecule has 0 amide bonds. The molecule has 1 N–H and O–H groups in total. The van der Waals surface area contributed by atoms with Crippen LogP contribution in [0.2, 0.25) is 5.02 Å². The van der Waals surface area contributed by atoms with Crippen molar-refractivity contribution in [2.45, 2.75) is 52.1 Å². The van der Waals surface area contributed by atoms with Gasteiger partial charge in [-0.3, -0.25) is 0 Å². The van der Waals surface area contributed by atoms with Gasteiger partial charge >= 0.3 is 0 Å². The predicted molar refractivity (Wildman–Crippen MR) is 83.5 cm³/mol. The maximum atomic E-state index is 10.5. The van der Waals surface area contributed by atoms with Crippen LogP contribution in [0.5, 0.6) is 5.75 Å². The van der Waals surface area contributed by atoms with Crippen molar-refractivity contribution >= 4 is 11.6 Å². The first-order valence-electron chi connectivity index (χ1n) is 7.42. The number of hydrogen-bond donors (Lipinski definition) is 1. The lowest BCUT2D eigenvalue weighted by Crippen LogP contribution is -2.30. The normalized spacial score (nSPS) is 20.6. The van der Waals surface area contributed by atoms with Crippen molar-refractivity contribution in [3.63, 3.8) is 0 Å². The van der Waals surface area contributed by atoms with Gasteiger partial charge in [0.2, 0.25) is 0 Å². The number of rotatable bonds is 4. The quantitative estimate of drug-likeness (QED) is 0.888. The highest BCUT2D eigenvalue weighted by Gasteiger charge is 2.30. The second kappa shape index (κ2) is 6.36. The van der Waals surface area contributed by atoms with Crippen molar-refractivity contribution in [1.82, 2.24) is 0 Å². The van der Waals surface area contributed by atoms with Gasteiger partial charge in [0, 0.05) is 11.4 Å². The van der Waals surface area contributed by atoms with Gasteiger partial charge in [-0.1, -0.05) is 25.4 Å². The highest BCUT2D eigenvalue weighted by Crippen LogP contribution is 2.40. The Labute approximate surface area is 127 Å². The number of methoxy groups -OCH3 is 1. The highest BCUT2D eigenvalue weighted by atomic mass is 35.5. The van der Waals surface area contributed by atoms with E-state index >= 15 is 0 Å². The van der Waals surface area contributed by atoms with Crippen LogP contribution in [0, 0.1) is 11.3 Å². The van der Waals surface area contributed by atoms with Crippen LogP contribution in [0.25, 0.3) is 0 Å². The van der Waals surface area contributed by atoms with Crippen LogP contribution in [0.3, 0.4) is 0 Å². The third-order valence-corrected chi connectivity index (χ3v) is 4.83. The van der Waals surface area contributed by atoms with Crippen LogP contribution >= 0.6 is 11.6 Å². The molecule has 1 aliphatic rings. The summed E-state index contributed by atoms with van der Waals surface area (Å²) in [5.41, 5.74) is 1.43. The maximum absolute atomic E-state index is 10.5. The third kappa shape index (κ3) is 3.89. The Kier molecular flexibility index (Phi) is 4.98. The summed E-state index contributed by atoms with van der Waals surface area (Å²) in [6, 6.07) is 5.59. The molecular formula is C17H25ClO2. The number of ether oxygens (including phenoxy) is 1. The standard InChI is InChI=1S/C17H25ClO2/c1-17(2)8-6-12(7-9-17)15(19)11-13-10-14(18)4-5-16(13)20-3/h4-5,10,12,15,19H,6-9,11H2,1-3H3. The van der Waals surface area contributed by atoms with Crippen LogP contribution in [0.15, 0.2) is 18.2 Å². The van der Waals surface area contributed by atoms with Crippen molar-refractivity contribution in [1.29, 1.82) is 0 Å². The molecule has 0 aliphatic heterocycles. The van der Waals surface area contributed by atoms with Gasteiger partial charge in [-0.15, -0.1) is 0 Å². The van der Waals surface area contributed by atoms with E-state index in [4.69, 9.17) is 16.3 Å². The van der Waals surface area contributed by atoms with E-state index in [1.54, 1.807) is 7.11 Å². The Hall–Kier alpha value is -0.730. The summed E-state index contributed by atoms with van der Waals surface area (Å²) in [6.07, 6.45) is 4.92. The van der Waals surface area contributed by atoms with Crippen LogP contribution in [0.1, 0.15) is 45.1 Å². The fourth-order valence-corrected chi connectivity index (χ4v) is 3.30. The zero-order valence-electron chi connectivity index (χ0n) is 12.7. The predicted octanol–water partition coefficient (Wildman–Crippen LogP) is 4.47. The Morgan fingerprint density at radius 3 is 2.60 bits per heavy atom. The van der Waals surface area contributed by atoms with E-state index in [9.17, 15) is 5.11 Å². The van der Waals surface area contributed by atoms with Crippen LogP contribution in [0.4, 0.5) is 0 Å². The second-order valence-corrected chi connectivity index (χ2v) is 7.17. The molecule has 1 saturated carbocycles. The van der Waals surface area contributed by atoms with Crippen LogP contribution < -0.4 is 4.74 Å². The van der Waals surface area contributed by atoms with E-state index in [-0.39, 0.29) is 6.10 Å². The van der Waals surface area contributed by atoms with Crippen LogP contribution in [-0.4, -0.2) is 18.3 Å². The molecule has 1 fully saturated rings. The van der Waals surface area contributed by atoms with Crippen molar-refractivity contribution in [3.05, 3.63) is 28.8 Å². The van der Waals surface area contributed by atoms with Gasteiger partial charge in [-0.05, 0) is 60.8 Å². The molecule has 1 atom stereocenters. The Balaban J connectivity index is 2.01. The van der Waals surface area contributed by atoms with Crippen molar-refractivity contribution < 1.29 is 9.84 Å². The van der Waals surface area contributed by atoms with E-state index in [0.717, 1.165) is 24.2 Å². The highest BCUT2D eigenvalue weighted by molar-refractivity contribution is 6.30. The number of hydrogen-bond acceptors (Lipinski definition) is 2. The van der Waals surface area contributed by atoms with Crippen LogP contribution in [-0.2, 0) is 6.42 Å². The SMILES string of the molecule is COc1ccc(Cl)cc1CC(O)C1CCC(C)(C)CC1. The molecule has 1 aliphatic carbocycles. The number of aliphatic hydroxyl groups excluding tert-OH is 1. The minimum absolute atomic E-state index is 0.307. The summed E-state index contributed by atoms with van der Waals surface area (Å²) in [5, 5.41) is 11.2. The molecule has 2 nitrogen and oxygen atoms in total. The molecule has 1 unspecified atom stereocenters. The lowest BCUT2D eigenvalue weighted by Gasteiger charge is -2.36. The first-order valence-corrected chi connectivity index (χ1v) is 7.79. The molecule has 2 rings (SSSR count). The molecule has 1 aromatic rings. The minimum Gasteiger partial charge on any atom is -0.496 e. The lowest BCUT2D eigenvalue weighted by molar-refractivity contribution is 0.0572. The Morgan fingerprint density at radius 1 is 1.35 bits per heavy atom. The largest absolute Gasteiger partial charge is 0.496 e. The molecular weight excluding hydrogens is 272 g/mol. The second-order valence-electron chi connectivity index (χ2n) is 6.73. The first kappa shape index (κ1) is 15.7. The number of aliphatic hydroxyl groups is 1. The fraction of sp³-hybridized carbons (Fsp3) is 0.647. The molecule has 0 spiro atoms. The van der Waals surface area contributed by atoms with E-state index < -0.39 is 0 Å². The molecule has 0 aromatic heterocycles. The fourth-order valence-electron chi connectivity index (χ4n) is 3.11.